The maximum absolute atomic E-state index is 13.1. The Kier molecular flexibility index (Phi) is 3.69. The smallest absolute Gasteiger partial charge is 0.127 e. The highest BCUT2D eigenvalue weighted by Gasteiger charge is 2.04. The first-order valence-corrected chi connectivity index (χ1v) is 4.68. The second kappa shape index (κ2) is 4.58. The normalized spacial score (nSPS) is 10.2. The van der Waals surface area contributed by atoms with Crippen molar-refractivity contribution in [3.05, 3.63) is 34.1 Å². The van der Waals surface area contributed by atoms with Gasteiger partial charge in [0.2, 0.25) is 0 Å². The third-order valence-electron chi connectivity index (χ3n) is 1.69. The summed E-state index contributed by atoms with van der Waals surface area (Å²) in [4.78, 5) is 0. The van der Waals surface area contributed by atoms with Crippen LogP contribution in [0.1, 0.15) is 12.0 Å². The van der Waals surface area contributed by atoms with E-state index in [2.05, 4.69) is 15.9 Å². The first-order chi connectivity index (χ1) is 5.75. The Morgan fingerprint density at radius 3 is 2.75 bits per heavy atom. The van der Waals surface area contributed by atoms with Gasteiger partial charge in [0.05, 0.1) is 0 Å². The monoisotopic (exact) mass is 231 g/mol. The lowest BCUT2D eigenvalue weighted by Gasteiger charge is -2.03. The van der Waals surface area contributed by atoms with Gasteiger partial charge < -0.3 is 5.73 Å². The van der Waals surface area contributed by atoms with E-state index in [0.717, 1.165) is 16.5 Å². The molecule has 1 aromatic rings. The van der Waals surface area contributed by atoms with Crippen molar-refractivity contribution in [1.82, 2.24) is 0 Å². The number of halogens is 2. The molecule has 12 heavy (non-hydrogen) atoms. The van der Waals surface area contributed by atoms with Gasteiger partial charge in [-0.2, -0.15) is 0 Å². The van der Waals surface area contributed by atoms with E-state index in [4.69, 9.17) is 5.73 Å². The second-order valence-corrected chi connectivity index (χ2v) is 3.45. The molecular weight excluding hydrogens is 221 g/mol. The van der Waals surface area contributed by atoms with E-state index in [0.29, 0.717) is 13.0 Å². The molecule has 0 spiro atoms. The van der Waals surface area contributed by atoms with Gasteiger partial charge in [-0.3, -0.25) is 0 Å². The highest BCUT2D eigenvalue weighted by atomic mass is 79.9. The van der Waals surface area contributed by atoms with Crippen molar-refractivity contribution in [1.29, 1.82) is 0 Å². The van der Waals surface area contributed by atoms with Crippen LogP contribution >= 0.6 is 15.9 Å². The molecule has 0 bridgehead atoms. The Morgan fingerprint density at radius 1 is 1.42 bits per heavy atom. The minimum atomic E-state index is -0.155. The van der Waals surface area contributed by atoms with Gasteiger partial charge in [-0.15, -0.1) is 0 Å². The maximum atomic E-state index is 13.1. The minimum Gasteiger partial charge on any atom is -0.330 e. The lowest BCUT2D eigenvalue weighted by atomic mass is 10.1. The summed E-state index contributed by atoms with van der Waals surface area (Å²) in [7, 11) is 0. The summed E-state index contributed by atoms with van der Waals surface area (Å²) in [6.45, 7) is 0.598. The van der Waals surface area contributed by atoms with E-state index in [-0.39, 0.29) is 5.82 Å². The van der Waals surface area contributed by atoms with Gasteiger partial charge >= 0.3 is 0 Å². The molecule has 0 saturated carbocycles. The largest absolute Gasteiger partial charge is 0.330 e. The summed E-state index contributed by atoms with van der Waals surface area (Å²) in [5.74, 6) is -0.155. The summed E-state index contributed by atoms with van der Waals surface area (Å²) in [5, 5.41) is 0. The molecule has 0 aliphatic heterocycles. The molecule has 0 aromatic heterocycles. The molecule has 2 N–H and O–H groups in total. The van der Waals surface area contributed by atoms with Crippen LogP contribution in [-0.2, 0) is 6.42 Å². The molecule has 1 rings (SSSR count). The zero-order chi connectivity index (χ0) is 8.97. The molecule has 1 nitrogen and oxygen atoms in total. The maximum Gasteiger partial charge on any atom is 0.127 e. The number of hydrogen-bond donors (Lipinski definition) is 1. The topological polar surface area (TPSA) is 26.0 Å². The fraction of sp³-hybridized carbons (Fsp3) is 0.333. The van der Waals surface area contributed by atoms with Crippen LogP contribution in [0.2, 0.25) is 0 Å². The molecule has 0 fully saturated rings. The molecule has 0 atom stereocenters. The van der Waals surface area contributed by atoms with Crippen LogP contribution in [0.5, 0.6) is 0 Å². The molecule has 0 radical (unpaired) electrons. The average Bonchev–Trinajstić information content (AvgIpc) is 2.04. The first-order valence-electron chi connectivity index (χ1n) is 3.88. The fourth-order valence-corrected chi connectivity index (χ4v) is 1.59. The highest BCUT2D eigenvalue weighted by Crippen LogP contribution is 2.20. The molecule has 0 aliphatic carbocycles. The van der Waals surface area contributed by atoms with E-state index >= 15 is 0 Å². The van der Waals surface area contributed by atoms with Crippen LogP contribution in [0.15, 0.2) is 22.7 Å². The standard InChI is InChI=1S/C9H11BrFN/c10-8-4-1-5-9(11)7(8)3-2-6-12/h1,4-5H,2-3,6,12H2. The first kappa shape index (κ1) is 9.68. The minimum absolute atomic E-state index is 0.155. The predicted molar refractivity (Wildman–Crippen MR) is 51.5 cm³/mol. The third kappa shape index (κ3) is 2.29. The van der Waals surface area contributed by atoms with Crippen molar-refractivity contribution in [2.24, 2.45) is 5.73 Å². The van der Waals surface area contributed by atoms with E-state index in [1.165, 1.54) is 6.07 Å². The van der Waals surface area contributed by atoms with Gasteiger partial charge in [0, 0.05) is 10.0 Å². The molecule has 1 aromatic carbocycles. The van der Waals surface area contributed by atoms with Crippen LogP contribution in [0.3, 0.4) is 0 Å². The summed E-state index contributed by atoms with van der Waals surface area (Å²) in [5.41, 5.74) is 6.06. The zero-order valence-electron chi connectivity index (χ0n) is 6.69. The molecular formula is C9H11BrFN. The molecule has 0 unspecified atom stereocenters. The van der Waals surface area contributed by atoms with Gasteiger partial charge in [0.15, 0.2) is 0 Å². The molecule has 0 heterocycles. The van der Waals surface area contributed by atoms with Gasteiger partial charge in [0.25, 0.3) is 0 Å². The van der Waals surface area contributed by atoms with E-state index in [1.807, 2.05) is 6.07 Å². The Balaban J connectivity index is 2.81. The van der Waals surface area contributed by atoms with Crippen molar-refractivity contribution in [3.8, 4) is 0 Å². The zero-order valence-corrected chi connectivity index (χ0v) is 8.27. The van der Waals surface area contributed by atoms with E-state index < -0.39 is 0 Å². The van der Waals surface area contributed by atoms with Gasteiger partial charge in [-0.25, -0.2) is 4.39 Å². The Hall–Kier alpha value is -0.410. The second-order valence-electron chi connectivity index (χ2n) is 2.59. The van der Waals surface area contributed by atoms with E-state index in [9.17, 15) is 4.39 Å². The van der Waals surface area contributed by atoms with E-state index in [1.54, 1.807) is 6.07 Å². The third-order valence-corrected chi connectivity index (χ3v) is 2.44. The van der Waals surface area contributed by atoms with Gasteiger partial charge in [0.1, 0.15) is 5.82 Å². The summed E-state index contributed by atoms with van der Waals surface area (Å²) < 4.78 is 13.9. The summed E-state index contributed by atoms with van der Waals surface area (Å²) >= 11 is 3.30. The Labute approximate surface area is 79.9 Å². The number of rotatable bonds is 3. The van der Waals surface area contributed by atoms with Crippen molar-refractivity contribution >= 4 is 15.9 Å². The molecule has 0 aliphatic rings. The van der Waals surface area contributed by atoms with Crippen LogP contribution in [0.25, 0.3) is 0 Å². The molecule has 3 heteroatoms. The van der Waals surface area contributed by atoms with Gasteiger partial charge in [-0.1, -0.05) is 22.0 Å². The molecule has 66 valence electrons. The van der Waals surface area contributed by atoms with Crippen molar-refractivity contribution in [2.45, 2.75) is 12.8 Å². The van der Waals surface area contributed by atoms with Crippen LogP contribution < -0.4 is 5.73 Å². The predicted octanol–water partition coefficient (Wildman–Crippen LogP) is 2.48. The van der Waals surface area contributed by atoms with Crippen molar-refractivity contribution < 1.29 is 4.39 Å². The fourth-order valence-electron chi connectivity index (χ4n) is 1.05. The van der Waals surface area contributed by atoms with Crippen LogP contribution in [-0.4, -0.2) is 6.54 Å². The molecule has 0 amide bonds. The lowest BCUT2D eigenvalue weighted by molar-refractivity contribution is 0.603. The highest BCUT2D eigenvalue weighted by molar-refractivity contribution is 9.10. The summed E-state index contributed by atoms with van der Waals surface area (Å²) in [6.07, 6.45) is 1.52. The molecule has 0 saturated heterocycles. The van der Waals surface area contributed by atoms with Gasteiger partial charge in [-0.05, 0) is 31.5 Å². The average molecular weight is 232 g/mol. The number of benzene rings is 1. The summed E-state index contributed by atoms with van der Waals surface area (Å²) in [6, 6.07) is 5.00. The lowest BCUT2D eigenvalue weighted by Crippen LogP contribution is -2.02. The Morgan fingerprint density at radius 2 is 2.17 bits per heavy atom. The van der Waals surface area contributed by atoms with Crippen LogP contribution in [0.4, 0.5) is 4.39 Å². The number of hydrogen-bond acceptors (Lipinski definition) is 1. The SMILES string of the molecule is NCCCc1c(F)cccc1Br. The van der Waals surface area contributed by atoms with Crippen molar-refractivity contribution in [2.75, 3.05) is 6.54 Å². The quantitative estimate of drug-likeness (QED) is 0.851. The van der Waals surface area contributed by atoms with Crippen LogP contribution in [0, 0.1) is 5.82 Å². The number of nitrogens with two attached hydrogens (primary N) is 1. The van der Waals surface area contributed by atoms with Crippen molar-refractivity contribution in [3.63, 3.8) is 0 Å². The Bertz CT molecular complexity index is 242.